The van der Waals surface area contributed by atoms with Crippen LogP contribution in [0.2, 0.25) is 0 Å². The Balaban J connectivity index is 3.03. The molecule has 0 aromatic heterocycles. The summed E-state index contributed by atoms with van der Waals surface area (Å²) >= 11 is 0. The van der Waals surface area contributed by atoms with Gasteiger partial charge in [0.15, 0.2) is 0 Å². The molecule has 0 saturated heterocycles. The SMILES string of the molecule is CCCCCCCCCCCCCCCCCCCCCCCCCCCCCCCCCCCCCCCCCCCC[O]. The fraction of sp³-hybridized carbons (Fsp3) is 1.00. The first-order valence-electron chi connectivity index (χ1n) is 22.0. The quantitative estimate of drug-likeness (QED) is 0.0596. The summed E-state index contributed by atoms with van der Waals surface area (Å²) in [6.07, 6.45) is 60.6. The second-order valence-electron chi connectivity index (χ2n) is 15.2. The Labute approximate surface area is 287 Å². The molecule has 0 aromatic rings. The monoisotopic (exact) mass is 634 g/mol. The van der Waals surface area contributed by atoms with E-state index in [0.717, 1.165) is 12.8 Å². The van der Waals surface area contributed by atoms with Gasteiger partial charge in [-0.1, -0.05) is 270 Å². The molecule has 1 nitrogen and oxygen atoms in total. The van der Waals surface area contributed by atoms with Gasteiger partial charge in [0, 0.05) is 0 Å². The summed E-state index contributed by atoms with van der Waals surface area (Å²) < 4.78 is 0. The van der Waals surface area contributed by atoms with E-state index >= 15 is 0 Å². The molecule has 0 aliphatic rings. The van der Waals surface area contributed by atoms with E-state index in [9.17, 15) is 5.11 Å². The molecular weight excluding hydrogens is 544 g/mol. The maximum Gasteiger partial charge on any atom is 0.0822 e. The zero-order valence-electron chi connectivity index (χ0n) is 31.8. The van der Waals surface area contributed by atoms with E-state index in [1.165, 1.54) is 257 Å². The average molecular weight is 634 g/mol. The molecule has 0 bridgehead atoms. The van der Waals surface area contributed by atoms with Gasteiger partial charge >= 0.3 is 0 Å². The van der Waals surface area contributed by atoms with Crippen molar-refractivity contribution in [2.75, 3.05) is 6.61 Å². The Morgan fingerprint density at radius 2 is 0.289 bits per heavy atom. The van der Waals surface area contributed by atoms with Gasteiger partial charge in [0.05, 0.1) is 6.61 Å². The number of hydrogen-bond donors (Lipinski definition) is 0. The van der Waals surface area contributed by atoms with Crippen LogP contribution >= 0.6 is 0 Å². The summed E-state index contributed by atoms with van der Waals surface area (Å²) in [5.74, 6) is 0. The normalized spacial score (nSPS) is 11.6. The number of unbranched alkanes of at least 4 members (excludes halogenated alkanes) is 41. The minimum absolute atomic E-state index is 0.125. The smallest absolute Gasteiger partial charge is 0.0822 e. The second-order valence-corrected chi connectivity index (χ2v) is 15.2. The molecular formula is C44H89O. The van der Waals surface area contributed by atoms with Gasteiger partial charge in [-0.25, -0.2) is 5.11 Å². The van der Waals surface area contributed by atoms with Crippen molar-refractivity contribution in [3.8, 4) is 0 Å². The van der Waals surface area contributed by atoms with Crippen LogP contribution in [0.4, 0.5) is 0 Å². The Hall–Kier alpha value is -0.0400. The van der Waals surface area contributed by atoms with E-state index in [0.29, 0.717) is 0 Å². The summed E-state index contributed by atoms with van der Waals surface area (Å²) in [4.78, 5) is 0. The highest BCUT2D eigenvalue weighted by Crippen LogP contribution is 2.18. The van der Waals surface area contributed by atoms with Crippen molar-refractivity contribution in [2.24, 2.45) is 0 Å². The van der Waals surface area contributed by atoms with E-state index in [4.69, 9.17) is 0 Å². The van der Waals surface area contributed by atoms with Crippen LogP contribution in [0.1, 0.15) is 277 Å². The van der Waals surface area contributed by atoms with Crippen LogP contribution in [0.5, 0.6) is 0 Å². The van der Waals surface area contributed by atoms with Gasteiger partial charge in [-0.15, -0.1) is 0 Å². The van der Waals surface area contributed by atoms with Crippen LogP contribution < -0.4 is 0 Å². The van der Waals surface area contributed by atoms with Gasteiger partial charge in [-0.2, -0.15) is 0 Å². The zero-order valence-corrected chi connectivity index (χ0v) is 31.8. The topological polar surface area (TPSA) is 19.9 Å². The molecule has 0 aliphatic heterocycles. The molecule has 0 atom stereocenters. The van der Waals surface area contributed by atoms with Gasteiger partial charge in [0.2, 0.25) is 0 Å². The van der Waals surface area contributed by atoms with Gasteiger partial charge in [-0.05, 0) is 6.42 Å². The molecule has 1 heteroatoms. The molecule has 0 heterocycles. The molecule has 0 amide bonds. The lowest BCUT2D eigenvalue weighted by Crippen LogP contribution is -1.85. The molecule has 0 aromatic carbocycles. The minimum Gasteiger partial charge on any atom is -0.237 e. The van der Waals surface area contributed by atoms with Crippen LogP contribution in [-0.4, -0.2) is 6.61 Å². The summed E-state index contributed by atoms with van der Waals surface area (Å²) in [5.41, 5.74) is 0. The Bertz CT molecular complexity index is 432. The molecule has 0 unspecified atom stereocenters. The first kappa shape index (κ1) is 45.0. The van der Waals surface area contributed by atoms with E-state index in [1.807, 2.05) is 0 Å². The fourth-order valence-electron chi connectivity index (χ4n) is 7.25. The van der Waals surface area contributed by atoms with Crippen molar-refractivity contribution in [2.45, 2.75) is 277 Å². The highest BCUT2D eigenvalue weighted by molar-refractivity contribution is 4.54. The van der Waals surface area contributed by atoms with Gasteiger partial charge in [0.1, 0.15) is 0 Å². The van der Waals surface area contributed by atoms with Crippen LogP contribution in [-0.2, 0) is 5.11 Å². The summed E-state index contributed by atoms with van der Waals surface area (Å²) in [6, 6.07) is 0. The lowest BCUT2D eigenvalue weighted by molar-refractivity contribution is 0.186. The van der Waals surface area contributed by atoms with Crippen molar-refractivity contribution in [3.63, 3.8) is 0 Å². The molecule has 45 heavy (non-hydrogen) atoms. The van der Waals surface area contributed by atoms with Gasteiger partial charge in [0.25, 0.3) is 0 Å². The second kappa shape index (κ2) is 44.0. The number of rotatable bonds is 42. The third kappa shape index (κ3) is 44.0. The maximum atomic E-state index is 10.4. The van der Waals surface area contributed by atoms with E-state index < -0.39 is 0 Å². The van der Waals surface area contributed by atoms with E-state index in [2.05, 4.69) is 6.92 Å². The summed E-state index contributed by atoms with van der Waals surface area (Å²) in [6.45, 7) is 2.43. The first-order chi connectivity index (χ1) is 22.4. The van der Waals surface area contributed by atoms with Gasteiger partial charge in [-0.3, -0.25) is 0 Å². The molecule has 1 radical (unpaired) electrons. The lowest BCUT2D eigenvalue weighted by atomic mass is 10.0. The van der Waals surface area contributed by atoms with Crippen molar-refractivity contribution in [1.29, 1.82) is 0 Å². The van der Waals surface area contributed by atoms with Crippen LogP contribution in [0.25, 0.3) is 0 Å². The highest BCUT2D eigenvalue weighted by atomic mass is 16.2. The summed E-state index contributed by atoms with van der Waals surface area (Å²) in [5, 5.41) is 10.4. The van der Waals surface area contributed by atoms with Crippen LogP contribution in [0, 0.1) is 0 Å². The summed E-state index contributed by atoms with van der Waals surface area (Å²) in [7, 11) is 0. The lowest BCUT2D eigenvalue weighted by Gasteiger charge is -2.05. The van der Waals surface area contributed by atoms with Crippen LogP contribution in [0.15, 0.2) is 0 Å². The van der Waals surface area contributed by atoms with Crippen molar-refractivity contribution in [1.82, 2.24) is 0 Å². The maximum absolute atomic E-state index is 10.4. The molecule has 0 spiro atoms. The predicted molar refractivity (Wildman–Crippen MR) is 205 cm³/mol. The number of hydrogen-bond acceptors (Lipinski definition) is 0. The zero-order chi connectivity index (χ0) is 32.4. The average Bonchev–Trinajstić information content (AvgIpc) is 3.05. The third-order valence-electron chi connectivity index (χ3n) is 10.5. The highest BCUT2D eigenvalue weighted by Gasteiger charge is 1.98. The van der Waals surface area contributed by atoms with Gasteiger partial charge < -0.3 is 0 Å². The molecule has 0 aliphatic carbocycles. The molecule has 0 N–H and O–H groups in total. The van der Waals surface area contributed by atoms with Crippen molar-refractivity contribution >= 4 is 0 Å². The van der Waals surface area contributed by atoms with E-state index in [1.54, 1.807) is 0 Å². The molecule has 0 saturated carbocycles. The van der Waals surface area contributed by atoms with Crippen molar-refractivity contribution in [3.05, 3.63) is 0 Å². The predicted octanol–water partition coefficient (Wildman–Crippen LogP) is 16.8. The Morgan fingerprint density at radius 1 is 0.178 bits per heavy atom. The van der Waals surface area contributed by atoms with Crippen LogP contribution in [0.3, 0.4) is 0 Å². The molecule has 271 valence electrons. The molecule has 0 rings (SSSR count). The first-order valence-corrected chi connectivity index (χ1v) is 22.0. The Morgan fingerprint density at radius 3 is 0.400 bits per heavy atom. The fourth-order valence-corrected chi connectivity index (χ4v) is 7.25. The Kier molecular flexibility index (Phi) is 43.9. The largest absolute Gasteiger partial charge is 0.237 e. The standard InChI is InChI=1S/C44H89O/c1-2-3-4-5-6-7-8-9-10-11-12-13-14-15-16-17-18-19-20-21-22-23-24-25-26-27-28-29-30-31-32-33-34-35-36-37-38-39-40-41-42-43-44-45/h2-44H2,1H3. The third-order valence-corrected chi connectivity index (χ3v) is 10.5. The molecule has 0 fully saturated rings. The minimum atomic E-state index is 0.125. The van der Waals surface area contributed by atoms with E-state index in [-0.39, 0.29) is 6.61 Å². The van der Waals surface area contributed by atoms with Crippen molar-refractivity contribution < 1.29 is 5.11 Å².